The van der Waals surface area contributed by atoms with Crippen LogP contribution >= 0.6 is 0 Å². The van der Waals surface area contributed by atoms with Gasteiger partial charge in [-0.15, -0.1) is 0 Å². The molecule has 0 aromatic heterocycles. The number of aliphatic hydroxyl groups excluding tert-OH is 1. The van der Waals surface area contributed by atoms with Crippen LogP contribution in [0.2, 0.25) is 0 Å². The Balaban J connectivity index is 0.000000326. The summed E-state index contributed by atoms with van der Waals surface area (Å²) in [5, 5.41) is 9.41. The normalized spacial score (nSPS) is 15.7. The van der Waals surface area contributed by atoms with Crippen molar-refractivity contribution >= 4 is 25.0 Å². The minimum absolute atomic E-state index is 0.0317. The number of likely N-dealkylation sites (N-methyl/N-ethyl adjacent to an activating group) is 1. The molecule has 5 nitrogen and oxygen atoms in total. The lowest BCUT2D eigenvalue weighted by Crippen LogP contribution is -2.55. The molecule has 0 aliphatic carbocycles. The molecular formula is C26H37BN2O3. The summed E-state index contributed by atoms with van der Waals surface area (Å²) in [6, 6.07) is 15.9. The molecule has 1 fully saturated rings. The number of rotatable bonds is 4. The van der Waals surface area contributed by atoms with Crippen LogP contribution in [0.15, 0.2) is 48.5 Å². The molecule has 0 saturated carbocycles. The van der Waals surface area contributed by atoms with Gasteiger partial charge in [0, 0.05) is 19.6 Å². The van der Waals surface area contributed by atoms with E-state index >= 15 is 0 Å². The quantitative estimate of drug-likeness (QED) is 0.748. The fraction of sp³-hybridized carbons (Fsp3) is 0.462. The molecule has 0 spiro atoms. The third kappa shape index (κ3) is 10.7. The maximum atomic E-state index is 12.3. The monoisotopic (exact) mass is 436 g/mol. The molecule has 1 unspecified atom stereocenters. The number of piperazine rings is 1. The molecule has 1 aliphatic rings. The van der Waals surface area contributed by atoms with Crippen molar-refractivity contribution in [3.05, 3.63) is 65.2 Å². The van der Waals surface area contributed by atoms with E-state index in [1.807, 2.05) is 55.3 Å². The van der Waals surface area contributed by atoms with Gasteiger partial charge >= 0.3 is 0 Å². The van der Waals surface area contributed by atoms with Gasteiger partial charge in [-0.25, -0.2) is 0 Å². The van der Waals surface area contributed by atoms with E-state index in [0.29, 0.717) is 13.0 Å². The number of nitrogens with zero attached hydrogens (tertiary/aromatic N) is 2. The highest BCUT2D eigenvalue weighted by Crippen LogP contribution is 2.12. The number of benzene rings is 2. The second-order valence-corrected chi connectivity index (χ2v) is 8.35. The van der Waals surface area contributed by atoms with Crippen LogP contribution in [0.3, 0.4) is 0 Å². The second-order valence-electron chi connectivity index (χ2n) is 8.35. The molecule has 2 aromatic carbocycles. The number of carbonyl (C=O) groups is 2. The highest BCUT2D eigenvalue weighted by molar-refractivity contribution is 6.32. The van der Waals surface area contributed by atoms with Crippen LogP contribution in [-0.2, 0) is 22.4 Å². The zero-order valence-electron chi connectivity index (χ0n) is 20.2. The molecule has 3 rings (SSSR count). The van der Waals surface area contributed by atoms with Crippen molar-refractivity contribution in [2.75, 3.05) is 33.3 Å². The predicted molar refractivity (Wildman–Crippen MR) is 133 cm³/mol. The molecule has 0 bridgehead atoms. The topological polar surface area (TPSA) is 60.9 Å². The number of carbonyl (C=O) groups excluding carboxylic acids is 2. The van der Waals surface area contributed by atoms with Gasteiger partial charge in [-0.2, -0.15) is 0 Å². The van der Waals surface area contributed by atoms with Crippen LogP contribution in [0.5, 0.6) is 0 Å². The lowest BCUT2D eigenvalue weighted by atomic mass is 9.95. The first-order valence-corrected chi connectivity index (χ1v) is 11.1. The second kappa shape index (κ2) is 14.6. The number of hydrogen-bond donors (Lipinski definition) is 1. The van der Waals surface area contributed by atoms with Crippen molar-refractivity contribution in [3.63, 3.8) is 0 Å². The first-order valence-electron chi connectivity index (χ1n) is 11.1. The number of Topliss-reactive ketones (excluding diaryl/α,β-unsaturated/α-hetero) is 1. The summed E-state index contributed by atoms with van der Waals surface area (Å²) in [7, 11) is 7.50. The van der Waals surface area contributed by atoms with Gasteiger partial charge in [-0.3, -0.25) is 4.79 Å². The zero-order valence-corrected chi connectivity index (χ0v) is 20.2. The Kier molecular flexibility index (Phi) is 12.6. The molecule has 172 valence electrons. The molecule has 1 amide bonds. The third-order valence-corrected chi connectivity index (χ3v) is 5.08. The van der Waals surface area contributed by atoms with Crippen LogP contribution in [0, 0.1) is 6.92 Å². The summed E-state index contributed by atoms with van der Waals surface area (Å²) in [4.78, 5) is 25.7. The van der Waals surface area contributed by atoms with Crippen molar-refractivity contribution in [1.82, 2.24) is 9.80 Å². The van der Waals surface area contributed by atoms with E-state index < -0.39 is 0 Å². The summed E-state index contributed by atoms with van der Waals surface area (Å²) in [5.41, 5.74) is 4.41. The fourth-order valence-electron chi connectivity index (χ4n) is 3.23. The minimum Gasteiger partial charge on any atom is -0.394 e. The Hall–Kier alpha value is -2.44. The average Bonchev–Trinajstić information content (AvgIpc) is 2.76. The van der Waals surface area contributed by atoms with E-state index in [-0.39, 0.29) is 24.3 Å². The highest BCUT2D eigenvalue weighted by Gasteiger charge is 2.28. The highest BCUT2D eigenvalue weighted by atomic mass is 16.3. The Labute approximate surface area is 194 Å². The van der Waals surface area contributed by atoms with Crippen molar-refractivity contribution < 1.29 is 14.7 Å². The number of aliphatic hydroxyl groups is 1. The Morgan fingerprint density at radius 1 is 1.00 bits per heavy atom. The van der Waals surface area contributed by atoms with Gasteiger partial charge in [-0.1, -0.05) is 66.5 Å². The first-order chi connectivity index (χ1) is 15.2. The van der Waals surface area contributed by atoms with Crippen LogP contribution in [0.25, 0.3) is 0 Å². The number of amides is 1. The van der Waals surface area contributed by atoms with Crippen LogP contribution < -0.4 is 5.46 Å². The molecule has 1 atom stereocenters. The Morgan fingerprint density at radius 2 is 1.53 bits per heavy atom. The van der Waals surface area contributed by atoms with E-state index in [9.17, 15) is 14.7 Å². The molecule has 6 heteroatoms. The Bertz CT molecular complexity index is 818. The minimum atomic E-state index is -0.0725. The van der Waals surface area contributed by atoms with E-state index in [2.05, 4.69) is 24.0 Å². The van der Waals surface area contributed by atoms with Gasteiger partial charge in [-0.05, 0) is 45.4 Å². The Morgan fingerprint density at radius 3 is 2.03 bits per heavy atom. The van der Waals surface area contributed by atoms with E-state index in [1.54, 1.807) is 0 Å². The molecule has 1 N–H and O–H groups in total. The van der Waals surface area contributed by atoms with E-state index in [1.165, 1.54) is 25.0 Å². The molecule has 32 heavy (non-hydrogen) atoms. The van der Waals surface area contributed by atoms with Crippen molar-refractivity contribution in [2.24, 2.45) is 0 Å². The maximum Gasteiger partial charge on any atom is 0.227 e. The summed E-state index contributed by atoms with van der Waals surface area (Å²) in [6.07, 6.45) is 1.50. The lowest BCUT2D eigenvalue weighted by molar-refractivity contribution is -0.136. The van der Waals surface area contributed by atoms with Crippen LogP contribution in [0.1, 0.15) is 37.5 Å². The standard InChI is InChI=1S/C15H22N2O2.C8H9B.C3H6O/c1-12-3-5-13(6-4-12)9-15(19)17-8-7-16(2)10-14(17)11-18;1-2-7-3-5-8(9)6-4-7;1-3(2)4/h3-6,14,18H,7-11H2,1-2H3;3-6H,2H2,1H3;1-2H3. The molecule has 1 saturated heterocycles. The molecule has 2 radical (unpaired) electrons. The van der Waals surface area contributed by atoms with Gasteiger partial charge in [0.25, 0.3) is 0 Å². The largest absolute Gasteiger partial charge is 0.394 e. The van der Waals surface area contributed by atoms with Crippen molar-refractivity contribution in [1.29, 1.82) is 0 Å². The SMILES string of the molecule is CC(C)=O.Cc1ccc(CC(=O)N2CCN(C)CC2CO)cc1.[B]c1ccc(CC)cc1. The summed E-state index contributed by atoms with van der Waals surface area (Å²) >= 11 is 0. The van der Waals surface area contributed by atoms with E-state index in [4.69, 9.17) is 7.85 Å². The fourth-order valence-corrected chi connectivity index (χ4v) is 3.23. The molecule has 1 aliphatic heterocycles. The molecule has 2 aromatic rings. The average molecular weight is 436 g/mol. The maximum absolute atomic E-state index is 12.3. The number of aryl methyl sites for hydroxylation is 2. The third-order valence-electron chi connectivity index (χ3n) is 5.08. The van der Waals surface area contributed by atoms with Crippen LogP contribution in [0.4, 0.5) is 0 Å². The summed E-state index contributed by atoms with van der Waals surface area (Å²) < 4.78 is 0. The first kappa shape index (κ1) is 27.6. The number of ketones is 1. The van der Waals surface area contributed by atoms with Gasteiger partial charge in [0.05, 0.1) is 19.1 Å². The van der Waals surface area contributed by atoms with Gasteiger partial charge < -0.3 is 19.7 Å². The van der Waals surface area contributed by atoms with Crippen molar-refractivity contribution in [3.8, 4) is 0 Å². The van der Waals surface area contributed by atoms with Crippen LogP contribution in [-0.4, -0.2) is 73.8 Å². The summed E-state index contributed by atoms with van der Waals surface area (Å²) in [5.74, 6) is 0.274. The van der Waals surface area contributed by atoms with Gasteiger partial charge in [0.15, 0.2) is 0 Å². The van der Waals surface area contributed by atoms with Crippen molar-refractivity contribution in [2.45, 2.75) is 46.6 Å². The predicted octanol–water partition coefficient (Wildman–Crippen LogP) is 2.31. The lowest BCUT2D eigenvalue weighted by Gasteiger charge is -2.39. The number of hydrogen-bond acceptors (Lipinski definition) is 4. The summed E-state index contributed by atoms with van der Waals surface area (Å²) in [6.45, 7) is 9.57. The molecule has 1 heterocycles. The van der Waals surface area contributed by atoms with Gasteiger partial charge in [0.2, 0.25) is 5.91 Å². The van der Waals surface area contributed by atoms with Gasteiger partial charge in [0.1, 0.15) is 13.6 Å². The zero-order chi connectivity index (χ0) is 24.1. The smallest absolute Gasteiger partial charge is 0.227 e. The molecular weight excluding hydrogens is 399 g/mol. The van der Waals surface area contributed by atoms with E-state index in [0.717, 1.165) is 30.5 Å².